The fraction of sp³-hybridized carbons (Fsp3) is 0.273. The van der Waals surface area contributed by atoms with Crippen LogP contribution in [-0.2, 0) is 12.8 Å². The van der Waals surface area contributed by atoms with Gasteiger partial charge in [0.1, 0.15) is 5.82 Å². The zero-order valence-corrected chi connectivity index (χ0v) is 23.6. The number of aryl methyl sites for hydroxylation is 1. The van der Waals surface area contributed by atoms with Gasteiger partial charge in [-0.05, 0) is 61.7 Å². The summed E-state index contributed by atoms with van der Waals surface area (Å²) >= 11 is 0. The Morgan fingerprint density at radius 1 is 1.02 bits per heavy atom. The van der Waals surface area contributed by atoms with Gasteiger partial charge in [0.15, 0.2) is 5.88 Å². The number of nitro groups is 1. The molecule has 0 spiro atoms. The smallest absolute Gasteiger partial charge is 0.270 e. The van der Waals surface area contributed by atoms with Gasteiger partial charge in [0.05, 0.1) is 33.8 Å². The second kappa shape index (κ2) is 12.0. The Morgan fingerprint density at radius 2 is 1.79 bits per heavy atom. The van der Waals surface area contributed by atoms with Crippen molar-refractivity contribution in [3.05, 3.63) is 106 Å². The average molecular weight is 563 g/mol. The molecule has 0 radical (unpaired) electrons. The number of H-pyrrole nitrogens is 2. The molecule has 9 nitrogen and oxygen atoms in total. The van der Waals surface area contributed by atoms with Crippen LogP contribution < -0.4 is 0 Å². The van der Waals surface area contributed by atoms with Crippen LogP contribution in [-0.4, -0.2) is 55.2 Å². The predicted molar refractivity (Wildman–Crippen MR) is 166 cm³/mol. The quantitative estimate of drug-likeness (QED) is 0.102. The van der Waals surface area contributed by atoms with E-state index in [0.29, 0.717) is 27.9 Å². The van der Waals surface area contributed by atoms with E-state index >= 15 is 0 Å². The summed E-state index contributed by atoms with van der Waals surface area (Å²) in [6, 6.07) is 20.6. The lowest BCUT2D eigenvalue weighted by Crippen LogP contribution is -2.31. The van der Waals surface area contributed by atoms with Gasteiger partial charge in [-0.25, -0.2) is 9.98 Å². The van der Waals surface area contributed by atoms with Crippen LogP contribution in [0.3, 0.4) is 0 Å². The second-order valence-electron chi connectivity index (χ2n) is 10.8. The van der Waals surface area contributed by atoms with E-state index in [9.17, 15) is 15.2 Å². The Kier molecular flexibility index (Phi) is 7.83. The van der Waals surface area contributed by atoms with Gasteiger partial charge < -0.3 is 20.0 Å². The third kappa shape index (κ3) is 5.82. The number of hydrogen-bond donors (Lipinski definition) is 3. The number of benzene rings is 3. The summed E-state index contributed by atoms with van der Waals surface area (Å²) in [6.07, 6.45) is 7.48. The Balaban J connectivity index is 1.37. The van der Waals surface area contributed by atoms with Crippen LogP contribution in [0.15, 0.2) is 77.9 Å². The van der Waals surface area contributed by atoms with E-state index in [4.69, 9.17) is 4.99 Å². The van der Waals surface area contributed by atoms with Gasteiger partial charge in [0.25, 0.3) is 5.69 Å². The maximum atomic E-state index is 11.6. The molecule has 0 aliphatic carbocycles. The molecular formula is C33H34N6O3. The minimum absolute atomic E-state index is 0.0504. The van der Waals surface area contributed by atoms with Crippen molar-refractivity contribution in [2.24, 2.45) is 4.99 Å². The van der Waals surface area contributed by atoms with Gasteiger partial charge in [-0.1, -0.05) is 49.7 Å². The largest absolute Gasteiger partial charge is 0.494 e. The number of nitrogens with zero attached hydrogens (tertiary/aromatic N) is 4. The van der Waals surface area contributed by atoms with Crippen molar-refractivity contribution >= 4 is 28.0 Å². The normalized spacial score (nSPS) is 14.5. The van der Waals surface area contributed by atoms with Gasteiger partial charge in [0, 0.05) is 41.6 Å². The molecule has 9 heteroatoms. The standard InChI is InChI=1S/C33H34N6O3/c1-2-30-34-21-29(36-30)23-10-12-25(13-11-23)35-32(31-27-20-26(39(41)42)14-15-28(27)37-33(31)40)24-8-6-22(7-9-24)16-19-38-17-4-3-5-18-38/h6-15,20-21,37,40H,2-5,16-19H2,1H3,(H,34,36). The molecule has 0 atom stereocenters. The number of aromatic amines is 2. The molecule has 0 unspecified atom stereocenters. The zero-order valence-electron chi connectivity index (χ0n) is 23.6. The van der Waals surface area contributed by atoms with E-state index in [0.717, 1.165) is 42.0 Å². The van der Waals surface area contributed by atoms with Crippen LogP contribution in [0.1, 0.15) is 48.7 Å². The maximum Gasteiger partial charge on any atom is 0.270 e. The Labute approximate surface area is 244 Å². The Hall–Kier alpha value is -4.76. The van der Waals surface area contributed by atoms with Crippen molar-refractivity contribution in [1.82, 2.24) is 19.9 Å². The highest BCUT2D eigenvalue weighted by molar-refractivity contribution is 6.22. The summed E-state index contributed by atoms with van der Waals surface area (Å²) in [5, 5.41) is 23.2. The van der Waals surface area contributed by atoms with Crippen LogP contribution in [0.25, 0.3) is 22.2 Å². The van der Waals surface area contributed by atoms with Crippen LogP contribution in [0.4, 0.5) is 11.4 Å². The lowest BCUT2D eigenvalue weighted by atomic mass is 9.98. The number of likely N-dealkylation sites (tertiary alicyclic amines) is 1. The number of aromatic nitrogens is 3. The minimum atomic E-state index is -0.431. The number of nitro benzene ring substituents is 1. The second-order valence-corrected chi connectivity index (χ2v) is 10.8. The van der Waals surface area contributed by atoms with Gasteiger partial charge in [-0.3, -0.25) is 10.1 Å². The molecule has 42 heavy (non-hydrogen) atoms. The number of hydrogen-bond acceptors (Lipinski definition) is 6. The van der Waals surface area contributed by atoms with Crippen LogP contribution in [0.5, 0.6) is 5.88 Å². The lowest BCUT2D eigenvalue weighted by molar-refractivity contribution is -0.384. The number of piperidine rings is 1. The number of fused-ring (bicyclic) bond motifs is 1. The van der Waals surface area contributed by atoms with Crippen molar-refractivity contribution in [2.75, 3.05) is 19.6 Å². The molecule has 6 rings (SSSR count). The zero-order chi connectivity index (χ0) is 29.1. The van der Waals surface area contributed by atoms with Crippen LogP contribution in [0.2, 0.25) is 0 Å². The summed E-state index contributed by atoms with van der Waals surface area (Å²) in [5.74, 6) is 0.845. The SMILES string of the molecule is CCc1ncc(-c2ccc(N=C(c3ccc(CCN4CCCCC4)cc3)c3c(O)[nH]c4ccc([N+](=O)[O-])cc34)cc2)[nH]1. The summed E-state index contributed by atoms with van der Waals surface area (Å²) in [6.45, 7) is 5.42. The van der Waals surface area contributed by atoms with Gasteiger partial charge in [-0.15, -0.1) is 0 Å². The number of nitrogens with one attached hydrogen (secondary N) is 2. The Bertz CT molecular complexity index is 1730. The first-order valence-corrected chi connectivity index (χ1v) is 14.5. The van der Waals surface area contributed by atoms with Crippen LogP contribution >= 0.6 is 0 Å². The highest BCUT2D eigenvalue weighted by Crippen LogP contribution is 2.34. The fourth-order valence-electron chi connectivity index (χ4n) is 5.62. The number of non-ortho nitro benzene ring substituents is 1. The third-order valence-corrected chi connectivity index (χ3v) is 7.99. The fourth-order valence-corrected chi connectivity index (χ4v) is 5.62. The molecule has 0 bridgehead atoms. The summed E-state index contributed by atoms with van der Waals surface area (Å²) in [7, 11) is 0. The van der Waals surface area contributed by atoms with Gasteiger partial charge in [-0.2, -0.15) is 0 Å². The highest BCUT2D eigenvalue weighted by atomic mass is 16.6. The molecular weight excluding hydrogens is 528 g/mol. The summed E-state index contributed by atoms with van der Waals surface area (Å²) < 4.78 is 0. The first kappa shape index (κ1) is 27.4. The summed E-state index contributed by atoms with van der Waals surface area (Å²) in [5.41, 5.74) is 6.17. The molecule has 214 valence electrons. The van der Waals surface area contributed by atoms with E-state index in [2.05, 4.69) is 38.9 Å². The molecule has 3 heterocycles. The van der Waals surface area contributed by atoms with Gasteiger partial charge >= 0.3 is 0 Å². The molecule has 0 saturated carbocycles. The molecule has 1 aliphatic heterocycles. The van der Waals surface area contributed by atoms with Gasteiger partial charge in [0.2, 0.25) is 0 Å². The summed E-state index contributed by atoms with van der Waals surface area (Å²) in [4.78, 5) is 29.3. The molecule has 5 aromatic rings. The molecule has 0 amide bonds. The molecule has 1 aliphatic rings. The van der Waals surface area contributed by atoms with Crippen molar-refractivity contribution in [3.63, 3.8) is 0 Å². The average Bonchev–Trinajstić information content (AvgIpc) is 3.63. The van der Waals surface area contributed by atoms with Crippen molar-refractivity contribution in [2.45, 2.75) is 39.0 Å². The van der Waals surface area contributed by atoms with E-state index in [-0.39, 0.29) is 11.6 Å². The first-order chi connectivity index (χ1) is 20.5. The minimum Gasteiger partial charge on any atom is -0.494 e. The topological polar surface area (TPSA) is 123 Å². The van der Waals surface area contributed by atoms with Crippen LogP contribution in [0, 0.1) is 10.1 Å². The van der Waals surface area contributed by atoms with E-state index in [1.54, 1.807) is 6.07 Å². The molecule has 3 aromatic carbocycles. The number of aliphatic imine (C=N–C) groups is 1. The number of imidazole rings is 1. The molecule has 1 fully saturated rings. The molecule has 1 saturated heterocycles. The maximum absolute atomic E-state index is 11.6. The third-order valence-electron chi connectivity index (χ3n) is 7.99. The van der Waals surface area contributed by atoms with E-state index < -0.39 is 4.92 Å². The van der Waals surface area contributed by atoms with Crippen molar-refractivity contribution in [1.29, 1.82) is 0 Å². The predicted octanol–water partition coefficient (Wildman–Crippen LogP) is 6.93. The highest BCUT2D eigenvalue weighted by Gasteiger charge is 2.21. The van der Waals surface area contributed by atoms with Crippen molar-refractivity contribution < 1.29 is 10.0 Å². The van der Waals surface area contributed by atoms with E-state index in [1.807, 2.05) is 42.6 Å². The Morgan fingerprint density at radius 3 is 2.48 bits per heavy atom. The number of rotatable bonds is 9. The lowest BCUT2D eigenvalue weighted by Gasteiger charge is -2.26. The molecule has 3 N–H and O–H groups in total. The number of aromatic hydroxyl groups is 1. The first-order valence-electron chi connectivity index (χ1n) is 14.5. The monoisotopic (exact) mass is 562 g/mol. The van der Waals surface area contributed by atoms with E-state index in [1.165, 1.54) is 50.0 Å². The van der Waals surface area contributed by atoms with Crippen molar-refractivity contribution in [3.8, 4) is 17.1 Å². The molecule has 2 aromatic heterocycles.